The topological polar surface area (TPSA) is 9.23 Å². The molecule has 2 aromatic carbocycles. The molecule has 0 radical (unpaired) electrons. The van der Waals surface area contributed by atoms with Gasteiger partial charge in [-0.2, -0.15) is 0 Å². The summed E-state index contributed by atoms with van der Waals surface area (Å²) in [6.45, 7) is 3.05. The second-order valence-corrected chi connectivity index (χ2v) is 8.93. The lowest BCUT2D eigenvalue weighted by atomic mass is 10.1. The van der Waals surface area contributed by atoms with E-state index in [0.29, 0.717) is 0 Å². The number of hydrogen-bond donors (Lipinski definition) is 0. The van der Waals surface area contributed by atoms with Gasteiger partial charge in [0.05, 0.1) is 15.8 Å². The average Bonchev–Trinajstić information content (AvgIpc) is 2.93. The molecule has 128 valence electrons. The van der Waals surface area contributed by atoms with Crippen LogP contribution in [0.5, 0.6) is 5.75 Å². The van der Waals surface area contributed by atoms with Crippen LogP contribution in [0.25, 0.3) is 20.2 Å². The molecule has 0 saturated heterocycles. The van der Waals surface area contributed by atoms with E-state index >= 15 is 0 Å². The Balaban J connectivity index is 1.75. The first-order valence-electron chi connectivity index (χ1n) is 8.63. The van der Waals surface area contributed by atoms with E-state index in [4.69, 9.17) is 4.74 Å². The molecule has 24 heavy (non-hydrogen) atoms. The van der Waals surface area contributed by atoms with Crippen molar-refractivity contribution < 1.29 is 4.74 Å². The molecule has 1 heterocycles. The minimum atomic E-state index is 0.793. The van der Waals surface area contributed by atoms with Crippen molar-refractivity contribution in [3.63, 3.8) is 0 Å². The summed E-state index contributed by atoms with van der Waals surface area (Å²) >= 11 is 9.05. The van der Waals surface area contributed by atoms with Crippen molar-refractivity contribution in [3.05, 3.63) is 39.3 Å². The summed E-state index contributed by atoms with van der Waals surface area (Å²) in [5.74, 6) is 0.999. The first kappa shape index (κ1) is 18.2. The third-order valence-corrected chi connectivity index (χ3v) is 6.56. The molecule has 0 aliphatic carbocycles. The molecule has 0 fully saturated rings. The van der Waals surface area contributed by atoms with Gasteiger partial charge in [-0.05, 0) is 46.6 Å². The minimum absolute atomic E-state index is 0.793. The summed E-state index contributed by atoms with van der Waals surface area (Å²) in [6.07, 6.45) is 7.70. The normalized spacial score (nSPS) is 11.5. The summed E-state index contributed by atoms with van der Waals surface area (Å²) < 4.78 is 10.9. The predicted molar refractivity (Wildman–Crippen MR) is 114 cm³/mol. The summed E-state index contributed by atoms with van der Waals surface area (Å²) in [5, 5.41) is 2.57. The Kier molecular flexibility index (Phi) is 6.59. The minimum Gasteiger partial charge on any atom is -0.491 e. The van der Waals surface area contributed by atoms with Gasteiger partial charge in [0.25, 0.3) is 0 Å². The van der Waals surface area contributed by atoms with Gasteiger partial charge in [0.2, 0.25) is 0 Å². The number of benzene rings is 2. The van der Waals surface area contributed by atoms with Crippen LogP contribution in [-0.2, 0) is 0 Å². The smallest absolute Gasteiger partial charge is 0.151 e. The molecule has 0 aliphatic heterocycles. The fraction of sp³-hybridized carbons (Fsp3) is 0.400. The molecule has 3 rings (SSSR count). The van der Waals surface area contributed by atoms with Gasteiger partial charge in [-0.1, -0.05) is 61.0 Å². The van der Waals surface area contributed by atoms with Crippen LogP contribution in [0.3, 0.4) is 0 Å². The summed E-state index contributed by atoms with van der Waals surface area (Å²) in [4.78, 5) is 0. The van der Waals surface area contributed by atoms with Gasteiger partial charge in [0.1, 0.15) is 0 Å². The molecule has 0 N–H and O–H groups in total. The Morgan fingerprint density at radius 1 is 0.917 bits per heavy atom. The van der Waals surface area contributed by atoms with Gasteiger partial charge >= 0.3 is 0 Å². The fourth-order valence-electron chi connectivity index (χ4n) is 2.95. The predicted octanol–water partition coefficient (Wildman–Crippen LogP) is 8.32. The molecule has 1 aromatic heterocycles. The molecule has 0 bridgehead atoms. The molecule has 0 spiro atoms. The number of rotatable bonds is 8. The van der Waals surface area contributed by atoms with Crippen molar-refractivity contribution in [2.75, 3.05) is 6.61 Å². The molecule has 0 atom stereocenters. The lowest BCUT2D eigenvalue weighted by molar-refractivity contribution is 0.306. The van der Waals surface area contributed by atoms with Crippen molar-refractivity contribution in [2.45, 2.75) is 45.4 Å². The van der Waals surface area contributed by atoms with E-state index in [2.05, 4.69) is 69.1 Å². The second-order valence-electron chi connectivity index (χ2n) is 6.11. The molecule has 4 heteroatoms. The summed E-state index contributed by atoms with van der Waals surface area (Å²) in [6, 6.07) is 10.8. The highest BCUT2D eigenvalue weighted by atomic mass is 79.9. The van der Waals surface area contributed by atoms with E-state index in [1.807, 2.05) is 11.3 Å². The molecular weight excluding hydrogens is 448 g/mol. The zero-order valence-corrected chi connectivity index (χ0v) is 17.9. The van der Waals surface area contributed by atoms with Gasteiger partial charge in [0.15, 0.2) is 5.75 Å². The highest BCUT2D eigenvalue weighted by Crippen LogP contribution is 2.43. The summed E-state index contributed by atoms with van der Waals surface area (Å²) in [5.41, 5.74) is 0. The maximum Gasteiger partial charge on any atom is 0.151 e. The van der Waals surface area contributed by atoms with Crippen LogP contribution in [0.15, 0.2) is 39.3 Å². The molecule has 0 unspecified atom stereocenters. The molecule has 0 saturated carbocycles. The molecule has 0 amide bonds. The van der Waals surface area contributed by atoms with Crippen molar-refractivity contribution in [3.8, 4) is 5.75 Å². The fourth-order valence-corrected chi connectivity index (χ4v) is 5.08. The standard InChI is InChI=1S/C20H22Br2OS/c1-2-3-4-5-6-7-12-23-19-17(22)10-9-15-16-13-14(21)8-11-18(16)24-20(15)19/h8-11,13H,2-7,12H2,1H3. The van der Waals surface area contributed by atoms with Crippen LogP contribution < -0.4 is 4.74 Å². The second kappa shape index (κ2) is 8.68. The van der Waals surface area contributed by atoms with Crippen molar-refractivity contribution >= 4 is 63.4 Å². The molecule has 3 aromatic rings. The third kappa shape index (κ3) is 4.14. The number of hydrogen-bond acceptors (Lipinski definition) is 2. The average molecular weight is 470 g/mol. The largest absolute Gasteiger partial charge is 0.491 e. The van der Waals surface area contributed by atoms with E-state index < -0.39 is 0 Å². The SMILES string of the molecule is CCCCCCCCOc1c(Br)ccc2c1sc1ccc(Br)cc12. The number of fused-ring (bicyclic) bond motifs is 3. The molecule has 1 nitrogen and oxygen atoms in total. The quantitative estimate of drug-likeness (QED) is 0.301. The number of ether oxygens (including phenoxy) is 1. The van der Waals surface area contributed by atoms with E-state index in [1.54, 1.807) is 0 Å². The Morgan fingerprint density at radius 2 is 1.71 bits per heavy atom. The first-order valence-corrected chi connectivity index (χ1v) is 11.0. The first-order chi connectivity index (χ1) is 11.7. The van der Waals surface area contributed by atoms with Crippen LogP contribution in [0, 0.1) is 0 Å². The van der Waals surface area contributed by atoms with Crippen LogP contribution in [-0.4, -0.2) is 6.61 Å². The highest BCUT2D eigenvalue weighted by molar-refractivity contribution is 9.10. The Hall–Kier alpha value is -0.580. The van der Waals surface area contributed by atoms with Crippen LogP contribution in [0.1, 0.15) is 45.4 Å². The Labute approximate surface area is 164 Å². The zero-order valence-electron chi connectivity index (χ0n) is 13.9. The van der Waals surface area contributed by atoms with Crippen LogP contribution >= 0.6 is 43.2 Å². The lowest BCUT2D eigenvalue weighted by Gasteiger charge is -2.09. The van der Waals surface area contributed by atoms with Gasteiger partial charge < -0.3 is 4.74 Å². The molecular formula is C20H22Br2OS. The maximum atomic E-state index is 6.17. The Bertz CT molecular complexity index is 825. The van der Waals surface area contributed by atoms with Gasteiger partial charge in [-0.25, -0.2) is 0 Å². The zero-order chi connectivity index (χ0) is 16.9. The van der Waals surface area contributed by atoms with Crippen molar-refractivity contribution in [1.29, 1.82) is 0 Å². The van der Waals surface area contributed by atoms with Crippen molar-refractivity contribution in [2.24, 2.45) is 0 Å². The maximum absolute atomic E-state index is 6.17. The lowest BCUT2D eigenvalue weighted by Crippen LogP contribution is -1.98. The van der Waals surface area contributed by atoms with E-state index in [0.717, 1.165) is 27.7 Å². The van der Waals surface area contributed by atoms with E-state index in [1.165, 1.54) is 52.3 Å². The van der Waals surface area contributed by atoms with Crippen LogP contribution in [0.2, 0.25) is 0 Å². The molecule has 0 aliphatic rings. The number of unbranched alkanes of at least 4 members (excludes halogenated alkanes) is 5. The number of halogens is 2. The number of thiophene rings is 1. The van der Waals surface area contributed by atoms with Crippen molar-refractivity contribution in [1.82, 2.24) is 0 Å². The van der Waals surface area contributed by atoms with E-state index in [9.17, 15) is 0 Å². The van der Waals surface area contributed by atoms with Gasteiger partial charge in [0, 0.05) is 19.9 Å². The van der Waals surface area contributed by atoms with Gasteiger partial charge in [-0.15, -0.1) is 11.3 Å². The summed E-state index contributed by atoms with van der Waals surface area (Å²) in [7, 11) is 0. The highest BCUT2D eigenvalue weighted by Gasteiger charge is 2.13. The Morgan fingerprint density at radius 3 is 2.54 bits per heavy atom. The monoisotopic (exact) mass is 468 g/mol. The third-order valence-electron chi connectivity index (χ3n) is 4.25. The van der Waals surface area contributed by atoms with Crippen LogP contribution in [0.4, 0.5) is 0 Å². The van der Waals surface area contributed by atoms with Gasteiger partial charge in [-0.3, -0.25) is 0 Å². The van der Waals surface area contributed by atoms with E-state index in [-0.39, 0.29) is 0 Å².